The Morgan fingerprint density at radius 2 is 2.05 bits per heavy atom. The number of benzene rings is 1. The molecule has 2 saturated heterocycles. The van der Waals surface area contributed by atoms with Crippen LogP contribution in [0.1, 0.15) is 100 Å². The van der Waals surface area contributed by atoms with Gasteiger partial charge >= 0.3 is 5.97 Å². The van der Waals surface area contributed by atoms with Crippen molar-refractivity contribution >= 4 is 11.8 Å². The molecule has 5 rings (SSSR count). The topological polar surface area (TPSA) is 83.9 Å². The van der Waals surface area contributed by atoms with E-state index in [2.05, 4.69) is 24.4 Å². The van der Waals surface area contributed by atoms with Crippen molar-refractivity contribution in [2.24, 2.45) is 0 Å². The van der Waals surface area contributed by atoms with Crippen LogP contribution in [-0.2, 0) is 27.1 Å². The first-order valence-corrected chi connectivity index (χ1v) is 15.2. The third-order valence-corrected chi connectivity index (χ3v) is 8.09. The molecule has 4 heterocycles. The highest BCUT2D eigenvalue weighted by molar-refractivity contribution is 5.76. The van der Waals surface area contributed by atoms with Crippen LogP contribution in [0.5, 0.6) is 0 Å². The lowest BCUT2D eigenvalue weighted by molar-refractivity contribution is -0.143. The van der Waals surface area contributed by atoms with Gasteiger partial charge in [-0.1, -0.05) is 26.0 Å². The summed E-state index contributed by atoms with van der Waals surface area (Å²) in [5, 5.41) is 13.7. The number of fused-ring (bicyclic) bond motifs is 1. The lowest BCUT2D eigenvalue weighted by Crippen LogP contribution is -2.34. The summed E-state index contributed by atoms with van der Waals surface area (Å²) in [5.41, 5.74) is 3.71. The molecule has 0 saturated carbocycles. The molecule has 3 aliphatic rings. The average Bonchev–Trinajstić information content (AvgIpc) is 3.42. The number of aryl methyl sites for hydroxylation is 2. The van der Waals surface area contributed by atoms with Crippen LogP contribution in [0.4, 0.5) is 10.2 Å². The second-order valence-corrected chi connectivity index (χ2v) is 11.0. The summed E-state index contributed by atoms with van der Waals surface area (Å²) in [6.07, 6.45) is 8.48. The molecule has 2 fully saturated rings. The van der Waals surface area contributed by atoms with Gasteiger partial charge < -0.3 is 19.9 Å². The summed E-state index contributed by atoms with van der Waals surface area (Å²) in [7, 11) is 0. The molecule has 4 unspecified atom stereocenters. The SMILES string of the molecule is CC.CC1CCc2ccc(CCCCOC3CCN(C(C(=O)O)c4cc(F)ccc4C4CCCCO4)C3)nc2N1. The van der Waals surface area contributed by atoms with E-state index >= 15 is 0 Å². The van der Waals surface area contributed by atoms with Gasteiger partial charge in [0, 0.05) is 38.0 Å². The highest BCUT2D eigenvalue weighted by Gasteiger charge is 2.36. The maximum absolute atomic E-state index is 14.3. The number of pyridine rings is 1. The second-order valence-electron chi connectivity index (χ2n) is 11.0. The van der Waals surface area contributed by atoms with Gasteiger partial charge in [-0.25, -0.2) is 9.37 Å². The molecule has 0 radical (unpaired) electrons. The zero-order chi connectivity index (χ0) is 28.5. The summed E-state index contributed by atoms with van der Waals surface area (Å²) in [4.78, 5) is 19.2. The minimum absolute atomic E-state index is 0.0210. The number of nitrogens with zero attached hydrogens (tertiary/aromatic N) is 2. The van der Waals surface area contributed by atoms with E-state index < -0.39 is 17.8 Å². The molecule has 0 bridgehead atoms. The van der Waals surface area contributed by atoms with Crippen molar-refractivity contribution in [1.29, 1.82) is 0 Å². The van der Waals surface area contributed by atoms with Crippen molar-refractivity contribution in [2.45, 2.75) is 103 Å². The van der Waals surface area contributed by atoms with Crippen molar-refractivity contribution < 1.29 is 23.8 Å². The van der Waals surface area contributed by atoms with E-state index in [4.69, 9.17) is 14.5 Å². The van der Waals surface area contributed by atoms with Crippen LogP contribution < -0.4 is 5.32 Å². The fourth-order valence-electron chi connectivity index (χ4n) is 6.00. The number of hydrogen-bond acceptors (Lipinski definition) is 6. The number of hydrogen-bond donors (Lipinski definition) is 2. The number of halogens is 1. The number of aliphatic carboxylic acids is 1. The second kappa shape index (κ2) is 14.9. The summed E-state index contributed by atoms with van der Waals surface area (Å²) >= 11 is 0. The van der Waals surface area contributed by atoms with E-state index in [1.54, 1.807) is 6.07 Å². The number of nitrogens with one attached hydrogen (secondary N) is 1. The Hall–Kier alpha value is -2.55. The molecule has 1 aromatic carbocycles. The summed E-state index contributed by atoms with van der Waals surface area (Å²) in [6.45, 7) is 8.61. The minimum Gasteiger partial charge on any atom is -0.480 e. The van der Waals surface area contributed by atoms with E-state index in [9.17, 15) is 14.3 Å². The lowest BCUT2D eigenvalue weighted by Gasteiger charge is -2.30. The Balaban J connectivity index is 0.00000181. The number of rotatable bonds is 10. The summed E-state index contributed by atoms with van der Waals surface area (Å²) < 4.78 is 26.4. The zero-order valence-electron chi connectivity index (χ0n) is 24.3. The molecule has 3 aliphatic heterocycles. The minimum atomic E-state index is -0.963. The molecule has 0 amide bonds. The van der Waals surface area contributed by atoms with E-state index in [1.807, 2.05) is 18.7 Å². The quantitative estimate of drug-likeness (QED) is 0.325. The number of likely N-dealkylation sites (tertiary alicyclic amines) is 1. The van der Waals surface area contributed by atoms with Crippen LogP contribution in [0.2, 0.25) is 0 Å². The van der Waals surface area contributed by atoms with Crippen molar-refractivity contribution in [3.8, 4) is 0 Å². The molecule has 7 nitrogen and oxygen atoms in total. The molecule has 0 spiro atoms. The fourth-order valence-corrected chi connectivity index (χ4v) is 6.00. The van der Waals surface area contributed by atoms with Gasteiger partial charge in [0.1, 0.15) is 17.7 Å². The van der Waals surface area contributed by atoms with Crippen LogP contribution >= 0.6 is 0 Å². The van der Waals surface area contributed by atoms with E-state index in [0.29, 0.717) is 37.9 Å². The number of carbonyl (C=O) groups is 1. The standard InChI is InChI=1S/C30H40FN3O4.C2H6/c1-20-8-9-21-10-12-23(33-29(21)32-20)6-2-4-16-37-24-14-15-34(19-24)28(30(35)36)26-18-22(31)11-13-25(26)27-7-3-5-17-38-27;1-2/h10-13,18,20,24,27-28H,2-9,14-17,19H2,1H3,(H,32,33)(H,35,36);1-2H3. The van der Waals surface area contributed by atoms with Crippen LogP contribution in [0.25, 0.3) is 0 Å². The largest absolute Gasteiger partial charge is 0.480 e. The Labute approximate surface area is 238 Å². The van der Waals surface area contributed by atoms with Crippen molar-refractivity contribution in [3.05, 3.63) is 58.5 Å². The number of aromatic nitrogens is 1. The van der Waals surface area contributed by atoms with Gasteiger partial charge in [-0.05, 0) is 99.6 Å². The van der Waals surface area contributed by atoms with Gasteiger partial charge in [0.2, 0.25) is 0 Å². The zero-order valence-corrected chi connectivity index (χ0v) is 24.3. The molecule has 1 aromatic heterocycles. The number of ether oxygens (including phenoxy) is 2. The lowest BCUT2D eigenvalue weighted by atomic mass is 9.92. The number of anilines is 1. The number of carboxylic acids is 1. The fraction of sp³-hybridized carbons (Fsp3) is 0.625. The first kappa shape index (κ1) is 30.4. The Kier molecular flexibility index (Phi) is 11.3. The van der Waals surface area contributed by atoms with E-state index in [-0.39, 0.29) is 12.2 Å². The van der Waals surface area contributed by atoms with Crippen LogP contribution in [0.3, 0.4) is 0 Å². The number of carboxylic acid groups (broad SMARTS) is 1. The van der Waals surface area contributed by atoms with Gasteiger partial charge in [0.25, 0.3) is 0 Å². The highest BCUT2D eigenvalue weighted by Crippen LogP contribution is 2.36. The van der Waals surface area contributed by atoms with E-state index in [1.165, 1.54) is 17.7 Å². The maximum Gasteiger partial charge on any atom is 0.325 e. The van der Waals surface area contributed by atoms with Crippen LogP contribution in [0.15, 0.2) is 30.3 Å². The monoisotopic (exact) mass is 555 g/mol. The normalized spacial score (nSPS) is 23.4. The molecule has 2 aromatic rings. The van der Waals surface area contributed by atoms with Crippen molar-refractivity contribution in [1.82, 2.24) is 9.88 Å². The van der Waals surface area contributed by atoms with Gasteiger partial charge in [-0.2, -0.15) is 0 Å². The van der Waals surface area contributed by atoms with Crippen LogP contribution in [-0.4, -0.2) is 59.4 Å². The maximum atomic E-state index is 14.3. The van der Waals surface area contributed by atoms with Gasteiger partial charge in [0.05, 0.1) is 12.2 Å². The molecule has 2 N–H and O–H groups in total. The molecule has 8 heteroatoms. The third kappa shape index (κ3) is 7.80. The predicted octanol–water partition coefficient (Wildman–Crippen LogP) is 6.47. The summed E-state index contributed by atoms with van der Waals surface area (Å²) in [6, 6.07) is 8.38. The highest BCUT2D eigenvalue weighted by atomic mass is 19.1. The molecule has 40 heavy (non-hydrogen) atoms. The molecule has 4 atom stereocenters. The molecular formula is C32H46FN3O4. The Bertz CT molecular complexity index is 1110. The number of unbranched alkanes of at least 4 members (excludes halogenated alkanes) is 1. The third-order valence-electron chi connectivity index (χ3n) is 8.09. The van der Waals surface area contributed by atoms with Crippen molar-refractivity contribution in [2.75, 3.05) is 31.6 Å². The van der Waals surface area contributed by atoms with Gasteiger partial charge in [-0.3, -0.25) is 9.69 Å². The Morgan fingerprint density at radius 3 is 2.83 bits per heavy atom. The first-order chi connectivity index (χ1) is 19.5. The van der Waals surface area contributed by atoms with Gasteiger partial charge in [0.15, 0.2) is 0 Å². The first-order valence-electron chi connectivity index (χ1n) is 15.2. The molecule has 220 valence electrons. The molecular weight excluding hydrogens is 509 g/mol. The molecule has 0 aliphatic carbocycles. The van der Waals surface area contributed by atoms with Crippen LogP contribution in [0, 0.1) is 5.82 Å². The summed E-state index contributed by atoms with van der Waals surface area (Å²) in [5.74, 6) is -0.348. The average molecular weight is 556 g/mol. The predicted molar refractivity (Wildman–Crippen MR) is 155 cm³/mol. The smallest absolute Gasteiger partial charge is 0.325 e. The Morgan fingerprint density at radius 1 is 1.20 bits per heavy atom. The van der Waals surface area contributed by atoms with Crippen molar-refractivity contribution in [3.63, 3.8) is 0 Å². The van der Waals surface area contributed by atoms with Gasteiger partial charge in [-0.15, -0.1) is 0 Å². The van der Waals surface area contributed by atoms with E-state index in [0.717, 1.165) is 74.9 Å².